The zero-order valence-electron chi connectivity index (χ0n) is 36.7. The number of carboxylic acids is 1. The van der Waals surface area contributed by atoms with Gasteiger partial charge in [0.2, 0.25) is 5.91 Å². The number of hydrogen-bond acceptors (Lipinski definition) is 6. The molecule has 0 bridgehead atoms. The summed E-state index contributed by atoms with van der Waals surface area (Å²) in [5.41, 5.74) is -0.968. The fraction of sp³-hybridized carbons (Fsp3) is 0.729. The van der Waals surface area contributed by atoms with Gasteiger partial charge in [0, 0.05) is 17.4 Å². The fourth-order valence-corrected chi connectivity index (χ4v) is 14.3. The Hall–Kier alpha value is -3.56. The van der Waals surface area contributed by atoms with Crippen LogP contribution in [0.2, 0.25) is 0 Å². The molecule has 0 aliphatic heterocycles. The molecule has 3 N–H and O–H groups in total. The van der Waals surface area contributed by atoms with Crippen molar-refractivity contribution < 1.29 is 38.2 Å². The molecule has 0 spiro atoms. The number of carbonyl (C=O) groups excluding carboxylic acids is 4. The maximum atomic E-state index is 14.3. The number of Topliss-reactive ketones (excluding diaryl/α,β-unsaturated/α-hetero) is 1. The zero-order valence-corrected chi connectivity index (χ0v) is 36.7. The van der Waals surface area contributed by atoms with Gasteiger partial charge in [0.25, 0.3) is 5.91 Å². The minimum Gasteiger partial charge on any atom is -0.481 e. The highest BCUT2D eigenvalue weighted by Crippen LogP contribution is 2.76. The van der Waals surface area contributed by atoms with Gasteiger partial charge in [-0.1, -0.05) is 62.3 Å². The van der Waals surface area contributed by atoms with E-state index in [2.05, 4.69) is 59.1 Å². The van der Waals surface area contributed by atoms with Crippen molar-refractivity contribution in [3.8, 4) is 0 Å². The van der Waals surface area contributed by atoms with Crippen LogP contribution < -0.4 is 10.6 Å². The lowest BCUT2D eigenvalue weighted by Crippen LogP contribution is -2.68. The van der Waals surface area contributed by atoms with Crippen LogP contribution in [0.3, 0.4) is 0 Å². The van der Waals surface area contributed by atoms with Gasteiger partial charge < -0.3 is 20.5 Å². The Balaban J connectivity index is 1.13. The molecular weight excluding hydrogens is 736 g/mol. The smallest absolute Gasteiger partial charge is 0.309 e. The average Bonchev–Trinajstić information content (AvgIpc) is 3.41. The number of halogens is 1. The summed E-state index contributed by atoms with van der Waals surface area (Å²) in [5.74, 6) is -2.38. The Kier molecular flexibility index (Phi) is 10.1. The van der Waals surface area contributed by atoms with Gasteiger partial charge in [0.15, 0.2) is 5.78 Å². The summed E-state index contributed by atoms with van der Waals surface area (Å²) in [6.45, 7) is 23.3. The van der Waals surface area contributed by atoms with E-state index in [4.69, 9.17) is 4.74 Å². The number of hydrogen-bond donors (Lipinski definition) is 3. The topological polar surface area (TPSA) is 139 Å². The van der Waals surface area contributed by atoms with Gasteiger partial charge >= 0.3 is 11.9 Å². The number of esters is 1. The van der Waals surface area contributed by atoms with E-state index in [9.17, 15) is 33.5 Å². The van der Waals surface area contributed by atoms with Crippen LogP contribution in [0.25, 0.3) is 0 Å². The molecule has 5 fully saturated rings. The first-order chi connectivity index (χ1) is 26.8. The van der Waals surface area contributed by atoms with E-state index in [1.54, 1.807) is 13.8 Å². The highest BCUT2D eigenvalue weighted by atomic mass is 19.1. The van der Waals surface area contributed by atoms with E-state index in [0.717, 1.165) is 56.1 Å². The van der Waals surface area contributed by atoms with Crippen molar-refractivity contribution in [2.75, 3.05) is 0 Å². The third-order valence-electron chi connectivity index (χ3n) is 17.9. The molecule has 0 saturated heterocycles. The molecule has 0 unspecified atom stereocenters. The molecule has 58 heavy (non-hydrogen) atoms. The number of fused-ring (bicyclic) bond motifs is 7. The molecule has 6 aliphatic carbocycles. The maximum Gasteiger partial charge on any atom is 0.309 e. The SMILES string of the molecule is CC(C)C1=C2[C@H]3CC[C@@H]4[C@@]5(C)CC[C@H](OC(=O)[C@H]6C[C@@H](C(=O)O)C6(C)C)C(C)(C)[C@@H]5CC[C@@]4(C)[C@]3(C)CC[C@@]2(NC(=O)C(C)(C)NC(=O)c2ccc(F)cc2)CC1=O. The number of benzene rings is 1. The van der Waals surface area contributed by atoms with Crippen molar-refractivity contribution in [3.63, 3.8) is 0 Å². The molecule has 5 saturated carbocycles. The number of ether oxygens (including phenoxy) is 1. The van der Waals surface area contributed by atoms with Gasteiger partial charge in [-0.05, 0) is 152 Å². The van der Waals surface area contributed by atoms with Gasteiger partial charge in [0.1, 0.15) is 17.5 Å². The summed E-state index contributed by atoms with van der Waals surface area (Å²) >= 11 is 0. The van der Waals surface area contributed by atoms with Crippen molar-refractivity contribution in [2.45, 2.75) is 158 Å². The van der Waals surface area contributed by atoms with Crippen molar-refractivity contribution in [1.29, 1.82) is 0 Å². The van der Waals surface area contributed by atoms with Gasteiger partial charge in [-0.3, -0.25) is 24.0 Å². The Morgan fingerprint density at radius 1 is 0.828 bits per heavy atom. The van der Waals surface area contributed by atoms with Crippen LogP contribution >= 0.6 is 0 Å². The lowest BCUT2D eigenvalue weighted by atomic mass is 9.33. The van der Waals surface area contributed by atoms with Crippen molar-refractivity contribution in [3.05, 3.63) is 46.8 Å². The lowest BCUT2D eigenvalue weighted by molar-refractivity contribution is -0.235. The van der Waals surface area contributed by atoms with Crippen molar-refractivity contribution >= 4 is 29.5 Å². The summed E-state index contributed by atoms with van der Waals surface area (Å²) in [5, 5.41) is 15.9. The van der Waals surface area contributed by atoms with Crippen LogP contribution in [-0.2, 0) is 23.9 Å². The molecule has 0 heterocycles. The number of amides is 2. The van der Waals surface area contributed by atoms with E-state index >= 15 is 0 Å². The molecule has 0 radical (unpaired) electrons. The predicted molar refractivity (Wildman–Crippen MR) is 219 cm³/mol. The Labute approximate surface area is 344 Å². The second-order valence-electron chi connectivity index (χ2n) is 22.1. The van der Waals surface area contributed by atoms with Gasteiger partial charge in [-0.15, -0.1) is 0 Å². The number of nitrogens with one attached hydrogen (secondary N) is 2. The lowest BCUT2D eigenvalue weighted by Gasteiger charge is -2.72. The molecule has 2 amide bonds. The first-order valence-electron chi connectivity index (χ1n) is 21.9. The Morgan fingerprint density at radius 3 is 2.09 bits per heavy atom. The molecular formula is C48H67FN2O7. The third kappa shape index (κ3) is 6.13. The molecule has 10 atom stereocenters. The molecule has 1 aromatic rings. The molecule has 7 rings (SSSR count). The van der Waals surface area contributed by atoms with E-state index < -0.39 is 46.0 Å². The second kappa shape index (κ2) is 13.7. The summed E-state index contributed by atoms with van der Waals surface area (Å²) in [6.07, 6.45) is 7.46. The number of carboxylic acid groups (broad SMARTS) is 1. The third-order valence-corrected chi connectivity index (χ3v) is 17.9. The normalized spacial score (nSPS) is 38.7. The van der Waals surface area contributed by atoms with Crippen LogP contribution in [-0.4, -0.2) is 51.8 Å². The van der Waals surface area contributed by atoms with E-state index in [-0.39, 0.29) is 69.2 Å². The maximum absolute atomic E-state index is 14.3. The standard InChI is InChI=1S/C48H67FN2O7/c1-26(2)36-32(52)25-48(51-41(57)44(7,8)50-38(53)27-12-14-28(49)15-13-27)23-22-46(10)29(37(36)48)16-17-34-45(9)20-19-35(43(5,6)33(45)18-21-47(34,46)11)58-40(56)31-24-30(39(54)55)42(31,3)4/h12-15,26,29-31,33-35H,16-25H2,1-11H3,(H,50,53)(H,51,57)(H,54,55)/t29-,30+,31-,33+,34-,35+,45+,46-,47-,48-/m1/s1. The molecule has 6 aliphatic rings. The molecule has 10 heteroatoms. The minimum absolute atomic E-state index is 0.00656. The quantitative estimate of drug-likeness (QED) is 0.223. The van der Waals surface area contributed by atoms with Crippen LogP contribution in [0.15, 0.2) is 35.4 Å². The first-order valence-corrected chi connectivity index (χ1v) is 21.9. The van der Waals surface area contributed by atoms with Crippen LogP contribution in [0.4, 0.5) is 4.39 Å². The Morgan fingerprint density at radius 2 is 1.48 bits per heavy atom. The van der Waals surface area contributed by atoms with Crippen LogP contribution in [0, 0.1) is 68.4 Å². The largest absolute Gasteiger partial charge is 0.481 e. The average molecular weight is 803 g/mol. The summed E-state index contributed by atoms with van der Waals surface area (Å²) in [4.78, 5) is 67.1. The second-order valence-corrected chi connectivity index (χ2v) is 22.1. The highest BCUT2D eigenvalue weighted by Gasteiger charge is 2.71. The van der Waals surface area contributed by atoms with E-state index in [0.29, 0.717) is 24.7 Å². The van der Waals surface area contributed by atoms with E-state index in [1.807, 2.05) is 13.8 Å². The summed E-state index contributed by atoms with van der Waals surface area (Å²) in [6, 6.07) is 5.23. The van der Waals surface area contributed by atoms with Gasteiger partial charge in [-0.25, -0.2) is 4.39 Å². The molecule has 1 aromatic carbocycles. The first kappa shape index (κ1) is 42.6. The minimum atomic E-state index is -1.30. The molecule has 0 aromatic heterocycles. The summed E-state index contributed by atoms with van der Waals surface area (Å²) < 4.78 is 20.0. The van der Waals surface area contributed by atoms with Gasteiger partial charge in [0.05, 0.1) is 17.4 Å². The monoisotopic (exact) mass is 802 g/mol. The Bertz CT molecular complexity index is 1950. The fourth-order valence-electron chi connectivity index (χ4n) is 14.3. The predicted octanol–water partition coefficient (Wildman–Crippen LogP) is 8.84. The van der Waals surface area contributed by atoms with Crippen molar-refractivity contribution in [2.24, 2.45) is 62.6 Å². The highest BCUT2D eigenvalue weighted by molar-refractivity contribution is 6.03. The summed E-state index contributed by atoms with van der Waals surface area (Å²) in [7, 11) is 0. The number of ketones is 1. The molecule has 318 valence electrons. The number of carbonyl (C=O) groups is 5. The van der Waals surface area contributed by atoms with E-state index in [1.165, 1.54) is 24.3 Å². The number of aliphatic carboxylic acids is 1. The number of rotatable bonds is 8. The van der Waals surface area contributed by atoms with Crippen LogP contribution in [0.5, 0.6) is 0 Å². The zero-order chi connectivity index (χ0) is 42.8. The van der Waals surface area contributed by atoms with Gasteiger partial charge in [-0.2, -0.15) is 0 Å². The number of allylic oxidation sites excluding steroid dienone is 1. The van der Waals surface area contributed by atoms with Crippen LogP contribution in [0.1, 0.15) is 151 Å². The molecule has 9 nitrogen and oxygen atoms in total. The van der Waals surface area contributed by atoms with Crippen molar-refractivity contribution in [1.82, 2.24) is 10.6 Å².